The molecule has 0 radical (unpaired) electrons. The maximum atomic E-state index is 15.8. The fourth-order valence-corrected chi connectivity index (χ4v) is 10.9. The summed E-state index contributed by atoms with van der Waals surface area (Å²) < 4.78 is 40.3. The number of halogens is 6. The molecule has 3 aliphatic heterocycles. The van der Waals surface area contributed by atoms with Gasteiger partial charge in [-0.3, -0.25) is 29.3 Å². The second kappa shape index (κ2) is 22.9. The van der Waals surface area contributed by atoms with E-state index >= 15 is 4.39 Å². The van der Waals surface area contributed by atoms with Crippen LogP contribution < -0.4 is 21.7 Å². The summed E-state index contributed by atoms with van der Waals surface area (Å²) in [5.74, 6) is -3.39. The monoisotopic (exact) mass is 1110 g/mol. The van der Waals surface area contributed by atoms with Crippen molar-refractivity contribution >= 4 is 99.0 Å². The van der Waals surface area contributed by atoms with E-state index in [0.29, 0.717) is 62.2 Å². The highest BCUT2D eigenvalue weighted by molar-refractivity contribution is 6.37. The lowest BCUT2D eigenvalue weighted by molar-refractivity contribution is -0.158. The highest BCUT2D eigenvalue weighted by Gasteiger charge is 2.73. The molecule has 3 fully saturated rings. The summed E-state index contributed by atoms with van der Waals surface area (Å²) in [4.78, 5) is 68.8. The van der Waals surface area contributed by atoms with E-state index in [1.165, 1.54) is 30.6 Å². The number of nitrogens with two attached hydrogens (primary N) is 1. The number of esters is 2. The van der Waals surface area contributed by atoms with Crippen LogP contribution in [0.1, 0.15) is 149 Å². The third-order valence-corrected chi connectivity index (χ3v) is 15.0. The molecular formula is C56H66Cl4F2N6O7. The van der Waals surface area contributed by atoms with Gasteiger partial charge in [0.1, 0.15) is 28.4 Å². The molecule has 404 valence electrons. The molecule has 4 aromatic rings. The van der Waals surface area contributed by atoms with Crippen LogP contribution in [-0.2, 0) is 38.9 Å². The van der Waals surface area contributed by atoms with Gasteiger partial charge in [-0.2, -0.15) is 0 Å². The molecule has 2 spiro atoms. The molecule has 5 N–H and O–H groups in total. The number of rotatable bonds is 4. The zero-order valence-electron chi connectivity index (χ0n) is 44.0. The van der Waals surface area contributed by atoms with E-state index in [2.05, 4.69) is 53.6 Å². The molecule has 5 heterocycles. The summed E-state index contributed by atoms with van der Waals surface area (Å²) in [5.41, 5.74) is 5.44. The van der Waals surface area contributed by atoms with E-state index in [4.69, 9.17) is 61.6 Å². The second-order valence-corrected chi connectivity index (χ2v) is 24.6. The molecule has 3 atom stereocenters. The number of carbonyl (C=O) groups is 5. The fraction of sp³-hybridized carbons (Fsp3) is 0.482. The van der Waals surface area contributed by atoms with E-state index < -0.39 is 51.7 Å². The number of fused-ring (bicyclic) bond motifs is 4. The summed E-state index contributed by atoms with van der Waals surface area (Å²) in [6, 6.07) is 12.3. The Bertz CT molecular complexity index is 2880. The van der Waals surface area contributed by atoms with Crippen LogP contribution in [0.25, 0.3) is 11.6 Å². The Kier molecular flexibility index (Phi) is 18.1. The van der Waals surface area contributed by atoms with Crippen LogP contribution in [0.4, 0.5) is 20.2 Å². The number of hydrogen-bond donors (Lipinski definition) is 4. The van der Waals surface area contributed by atoms with E-state index in [9.17, 15) is 28.4 Å². The van der Waals surface area contributed by atoms with E-state index in [1.54, 1.807) is 71.9 Å². The van der Waals surface area contributed by atoms with Crippen LogP contribution in [0.3, 0.4) is 0 Å². The number of Topliss-reactive ketones (excluding diaryl/α,β-unsaturated/α-hetero) is 1. The van der Waals surface area contributed by atoms with Gasteiger partial charge in [0.2, 0.25) is 5.91 Å². The predicted octanol–water partition coefficient (Wildman–Crippen LogP) is 12.6. The van der Waals surface area contributed by atoms with Crippen molar-refractivity contribution in [3.63, 3.8) is 0 Å². The number of hydrogen-bond acceptors (Lipinski definition) is 11. The molecule has 0 bridgehead atoms. The van der Waals surface area contributed by atoms with Gasteiger partial charge in [-0.1, -0.05) is 86.2 Å². The number of ketones is 1. The van der Waals surface area contributed by atoms with Gasteiger partial charge in [-0.05, 0) is 144 Å². The molecule has 9 rings (SSSR count). The first kappa shape index (κ1) is 59.2. The maximum absolute atomic E-state index is 15.8. The third-order valence-electron chi connectivity index (χ3n) is 14.0. The molecule has 0 unspecified atom stereocenters. The number of nitrogens with zero attached hydrogens (tertiary/aromatic N) is 2. The van der Waals surface area contributed by atoms with Gasteiger partial charge >= 0.3 is 11.9 Å². The third kappa shape index (κ3) is 13.6. The number of nitrogens with one attached hydrogen (secondary N) is 3. The SMILES string of the molecule is CC(C)(C)OC(=O)CN.CC1(C)CCC(=O)CC1.CC1(C)CCC2(CC1)N[C@@H](C(=O)OC(C)(C)C)[C@H](c1ccnc(Cl)c1F)[C@]21C(=O)Nc2cc(Cl)ccc21.O=C1Nc2cc(Cl)ccc2C1=Cc1ccnc(Cl)c1F. The van der Waals surface area contributed by atoms with E-state index in [1.807, 2.05) is 6.07 Å². The van der Waals surface area contributed by atoms with Crippen LogP contribution >= 0.6 is 46.4 Å². The molecule has 2 amide bonds. The van der Waals surface area contributed by atoms with Crippen molar-refractivity contribution in [2.45, 2.75) is 155 Å². The van der Waals surface area contributed by atoms with Crippen molar-refractivity contribution < 1.29 is 42.2 Å². The minimum Gasteiger partial charge on any atom is -0.459 e. The van der Waals surface area contributed by atoms with Gasteiger partial charge in [0.15, 0.2) is 21.9 Å². The fourth-order valence-electron chi connectivity index (χ4n) is 10.3. The lowest BCUT2D eigenvalue weighted by Gasteiger charge is -2.50. The van der Waals surface area contributed by atoms with Gasteiger partial charge in [0.25, 0.3) is 5.91 Å². The molecule has 2 aromatic heterocycles. The molecule has 5 aliphatic rings. The maximum Gasteiger partial charge on any atom is 0.324 e. The summed E-state index contributed by atoms with van der Waals surface area (Å²) >= 11 is 23.9. The predicted molar refractivity (Wildman–Crippen MR) is 291 cm³/mol. The average molecular weight is 1110 g/mol. The number of carbonyl (C=O) groups excluding carboxylic acids is 5. The van der Waals surface area contributed by atoms with Gasteiger partial charge in [-0.25, -0.2) is 18.7 Å². The van der Waals surface area contributed by atoms with Crippen LogP contribution in [0.5, 0.6) is 0 Å². The smallest absolute Gasteiger partial charge is 0.324 e. The Morgan fingerprint density at radius 3 is 1.84 bits per heavy atom. The molecule has 75 heavy (non-hydrogen) atoms. The normalized spacial score (nSPS) is 22.3. The number of ether oxygens (including phenoxy) is 2. The summed E-state index contributed by atoms with van der Waals surface area (Å²) in [6.45, 7) is 19.6. The van der Waals surface area contributed by atoms with Crippen LogP contribution in [0.15, 0.2) is 60.9 Å². The Hall–Kier alpha value is -5.03. The van der Waals surface area contributed by atoms with Crippen molar-refractivity contribution in [2.75, 3.05) is 17.2 Å². The minimum absolute atomic E-state index is 0.0444. The lowest BCUT2D eigenvalue weighted by atomic mass is 9.53. The van der Waals surface area contributed by atoms with Gasteiger partial charge in [-0.15, -0.1) is 0 Å². The number of amides is 2. The molecular weight excluding hydrogens is 1050 g/mol. The van der Waals surface area contributed by atoms with Crippen LogP contribution in [0.2, 0.25) is 20.4 Å². The van der Waals surface area contributed by atoms with Crippen molar-refractivity contribution in [3.8, 4) is 0 Å². The number of aromatic nitrogens is 2. The summed E-state index contributed by atoms with van der Waals surface area (Å²) in [7, 11) is 0. The van der Waals surface area contributed by atoms with Crippen molar-refractivity contribution in [1.29, 1.82) is 0 Å². The zero-order valence-corrected chi connectivity index (χ0v) is 47.0. The second-order valence-electron chi connectivity index (χ2n) is 23.0. The Labute approximate surface area is 457 Å². The Balaban J connectivity index is 0.000000198. The first-order chi connectivity index (χ1) is 34.8. The highest BCUT2D eigenvalue weighted by atomic mass is 35.5. The number of anilines is 2. The van der Waals surface area contributed by atoms with Gasteiger partial charge in [0, 0.05) is 69.1 Å². The number of benzene rings is 2. The van der Waals surface area contributed by atoms with Crippen molar-refractivity contribution in [1.82, 2.24) is 15.3 Å². The van der Waals surface area contributed by atoms with Gasteiger partial charge in [0.05, 0.1) is 12.2 Å². The van der Waals surface area contributed by atoms with Crippen molar-refractivity contribution in [3.05, 3.63) is 115 Å². The zero-order chi connectivity index (χ0) is 55.6. The Morgan fingerprint density at radius 2 is 1.28 bits per heavy atom. The van der Waals surface area contributed by atoms with E-state index in [-0.39, 0.29) is 51.2 Å². The first-order valence-corrected chi connectivity index (χ1v) is 26.3. The average Bonchev–Trinajstić information content (AvgIpc) is 3.90. The topological polar surface area (TPSA) is 192 Å². The van der Waals surface area contributed by atoms with E-state index in [0.717, 1.165) is 38.5 Å². The van der Waals surface area contributed by atoms with Crippen LogP contribution in [0, 0.1) is 22.5 Å². The molecule has 19 heteroatoms. The first-order valence-electron chi connectivity index (χ1n) is 24.8. The standard InChI is InChI=1S/C28H32Cl2FN3O3.C14H7Cl2FN2O.C8H14O.C6H13NO2/c1-25(2,3)37-23(35)21-19(16-8-13-32-22(30)20(16)31)28(27(34-21)11-9-26(4,5)10-12-27)17-7-6-15(29)14-18(17)33-24(28)36;15-8-1-2-9-10(14(20)19-11(9)6-8)5-7-3-4-18-13(16)12(7)17;1-8(2)5-3-7(9)4-6-8;1-6(2,3)9-5(8)4-7/h6-8,13-14,19,21,34H,9-12H2,1-5H3,(H,33,36);1-6H,(H,19,20);3-6H2,1-2H3;4,7H2,1-3H3/t19-,21+,28+;;;/m0.../s1. The summed E-state index contributed by atoms with van der Waals surface area (Å²) in [6.07, 6.45) is 10.9. The minimum atomic E-state index is -1.31. The molecule has 2 aromatic carbocycles. The molecule has 13 nitrogen and oxygen atoms in total. The lowest BCUT2D eigenvalue weighted by Crippen LogP contribution is -2.61. The molecule has 2 saturated carbocycles. The van der Waals surface area contributed by atoms with Gasteiger partial charge < -0.3 is 25.8 Å². The quantitative estimate of drug-likeness (QED) is 0.0864. The Morgan fingerprint density at radius 1 is 0.733 bits per heavy atom. The van der Waals surface area contributed by atoms with Crippen LogP contribution in [-0.4, -0.2) is 68.8 Å². The molecule has 1 saturated heterocycles. The van der Waals surface area contributed by atoms with Crippen molar-refractivity contribution in [2.24, 2.45) is 16.6 Å². The largest absolute Gasteiger partial charge is 0.459 e. The molecule has 2 aliphatic carbocycles. The highest BCUT2D eigenvalue weighted by Crippen LogP contribution is 2.64. The number of pyridine rings is 2. The summed E-state index contributed by atoms with van der Waals surface area (Å²) in [5, 5.41) is 9.73.